The van der Waals surface area contributed by atoms with E-state index in [0.717, 1.165) is 43.2 Å². The fraction of sp³-hybridized carbons (Fsp3) is 0.478. The van der Waals surface area contributed by atoms with Crippen molar-refractivity contribution in [3.8, 4) is 17.4 Å². The average molecular weight is 438 g/mol. The zero-order valence-electron chi connectivity index (χ0n) is 19.4. The van der Waals surface area contributed by atoms with E-state index in [1.54, 1.807) is 10.7 Å². The first-order chi connectivity index (χ1) is 15.3. The maximum Gasteiger partial charge on any atom is 0.239 e. The predicted octanol–water partition coefficient (Wildman–Crippen LogP) is 2.81. The number of likely N-dealkylation sites (N-methyl/N-ethyl adjacent to an activating group) is 1. The van der Waals surface area contributed by atoms with Crippen LogP contribution in [0.15, 0.2) is 28.7 Å². The van der Waals surface area contributed by atoms with Gasteiger partial charge >= 0.3 is 0 Å². The number of likely N-dealkylation sites (tertiary alicyclic amines) is 1. The minimum atomic E-state index is -0.0932. The summed E-state index contributed by atoms with van der Waals surface area (Å²) in [5.41, 5.74) is 1.84. The highest BCUT2D eigenvalue weighted by molar-refractivity contribution is 5.91. The van der Waals surface area contributed by atoms with Crippen LogP contribution in [0.25, 0.3) is 17.4 Å². The lowest BCUT2D eigenvalue weighted by Crippen LogP contribution is -2.37. The van der Waals surface area contributed by atoms with E-state index < -0.39 is 0 Å². The van der Waals surface area contributed by atoms with Gasteiger partial charge in [0.2, 0.25) is 5.91 Å². The molecule has 1 aliphatic rings. The van der Waals surface area contributed by atoms with Crippen molar-refractivity contribution in [2.75, 3.05) is 38.5 Å². The summed E-state index contributed by atoms with van der Waals surface area (Å²) in [7, 11) is 2.13. The van der Waals surface area contributed by atoms with E-state index in [-0.39, 0.29) is 5.91 Å². The van der Waals surface area contributed by atoms with Crippen molar-refractivity contribution in [1.82, 2.24) is 29.5 Å². The van der Waals surface area contributed by atoms with Gasteiger partial charge in [0.15, 0.2) is 17.4 Å². The Morgan fingerprint density at radius 1 is 1.25 bits per heavy atom. The number of rotatable bonds is 7. The second kappa shape index (κ2) is 9.22. The summed E-state index contributed by atoms with van der Waals surface area (Å²) in [4.78, 5) is 26.5. The van der Waals surface area contributed by atoms with Gasteiger partial charge in [0.05, 0.1) is 12.2 Å². The molecular weight excluding hydrogens is 406 g/mol. The standard InChI is InChI=1S/C23H31N7O2/c1-6-28(5)18-9-10-29(13-18)14-22(31)24-20-12-21(30-16(3)11-15(2)27-30)26-23(25-20)19-8-7-17(4)32-19/h7-8,11-12,18H,6,9-10,13-14H2,1-5H3,(H,24,25,26,31)/t18-/m0/s1. The zero-order chi connectivity index (χ0) is 22.8. The van der Waals surface area contributed by atoms with Crippen molar-refractivity contribution in [1.29, 1.82) is 0 Å². The molecule has 170 valence electrons. The van der Waals surface area contributed by atoms with Crippen molar-refractivity contribution < 1.29 is 9.21 Å². The van der Waals surface area contributed by atoms with Crippen LogP contribution in [0.1, 0.15) is 30.5 Å². The van der Waals surface area contributed by atoms with Crippen LogP contribution in [-0.4, -0.2) is 74.7 Å². The highest BCUT2D eigenvalue weighted by Gasteiger charge is 2.26. The number of nitrogens with zero attached hydrogens (tertiary/aromatic N) is 6. The van der Waals surface area contributed by atoms with Gasteiger partial charge in [-0.3, -0.25) is 9.69 Å². The Labute approximate surface area is 188 Å². The van der Waals surface area contributed by atoms with Crippen LogP contribution < -0.4 is 5.32 Å². The van der Waals surface area contributed by atoms with E-state index in [4.69, 9.17) is 4.42 Å². The number of carbonyl (C=O) groups excluding carboxylic acids is 1. The molecule has 1 saturated heterocycles. The summed E-state index contributed by atoms with van der Waals surface area (Å²) in [5.74, 6) is 2.64. The van der Waals surface area contributed by atoms with Crippen molar-refractivity contribution >= 4 is 11.7 Å². The first-order valence-corrected chi connectivity index (χ1v) is 11.0. The number of aromatic nitrogens is 4. The van der Waals surface area contributed by atoms with E-state index in [9.17, 15) is 4.79 Å². The minimum absolute atomic E-state index is 0.0932. The van der Waals surface area contributed by atoms with Crippen LogP contribution in [-0.2, 0) is 4.79 Å². The largest absolute Gasteiger partial charge is 0.458 e. The molecule has 0 radical (unpaired) electrons. The number of nitrogens with one attached hydrogen (secondary N) is 1. The number of anilines is 1. The molecular formula is C23H31N7O2. The van der Waals surface area contributed by atoms with E-state index in [0.29, 0.717) is 35.8 Å². The van der Waals surface area contributed by atoms with Crippen LogP contribution >= 0.6 is 0 Å². The fourth-order valence-electron chi connectivity index (χ4n) is 4.09. The highest BCUT2D eigenvalue weighted by atomic mass is 16.3. The molecule has 32 heavy (non-hydrogen) atoms. The second-order valence-corrected chi connectivity index (χ2v) is 8.48. The second-order valence-electron chi connectivity index (χ2n) is 8.48. The Hall–Kier alpha value is -3.04. The zero-order valence-corrected chi connectivity index (χ0v) is 19.4. The summed E-state index contributed by atoms with van der Waals surface area (Å²) in [6.07, 6.45) is 1.08. The van der Waals surface area contributed by atoms with Crippen LogP contribution in [0, 0.1) is 20.8 Å². The quantitative estimate of drug-likeness (QED) is 0.608. The van der Waals surface area contributed by atoms with Gasteiger partial charge in [0.25, 0.3) is 0 Å². The Morgan fingerprint density at radius 3 is 2.72 bits per heavy atom. The van der Waals surface area contributed by atoms with Crippen molar-refractivity contribution in [2.24, 2.45) is 0 Å². The normalized spacial score (nSPS) is 16.8. The van der Waals surface area contributed by atoms with Crippen LogP contribution in [0.5, 0.6) is 0 Å². The molecule has 3 aromatic rings. The monoisotopic (exact) mass is 437 g/mol. The first kappa shape index (κ1) is 22.2. The number of aryl methyl sites for hydroxylation is 3. The molecule has 1 fully saturated rings. The van der Waals surface area contributed by atoms with Crippen LogP contribution in [0.4, 0.5) is 5.82 Å². The molecule has 9 nitrogen and oxygen atoms in total. The lowest BCUT2D eigenvalue weighted by atomic mass is 10.2. The Morgan fingerprint density at radius 2 is 2.06 bits per heavy atom. The predicted molar refractivity (Wildman–Crippen MR) is 123 cm³/mol. The molecule has 0 unspecified atom stereocenters. The fourth-order valence-corrected chi connectivity index (χ4v) is 4.09. The van der Waals surface area contributed by atoms with Crippen LogP contribution in [0.2, 0.25) is 0 Å². The van der Waals surface area contributed by atoms with Crippen molar-refractivity contribution in [3.63, 3.8) is 0 Å². The number of amides is 1. The maximum absolute atomic E-state index is 12.8. The average Bonchev–Trinajstić information content (AvgIpc) is 3.47. The molecule has 9 heteroatoms. The summed E-state index contributed by atoms with van der Waals surface area (Å²) >= 11 is 0. The van der Waals surface area contributed by atoms with E-state index >= 15 is 0 Å². The number of hydrogen-bond donors (Lipinski definition) is 1. The Balaban J connectivity index is 1.55. The number of furan rings is 1. The van der Waals surface area contributed by atoms with Crippen molar-refractivity contribution in [2.45, 2.75) is 40.2 Å². The molecule has 3 aromatic heterocycles. The first-order valence-electron chi connectivity index (χ1n) is 11.0. The molecule has 1 amide bonds. The number of hydrogen-bond acceptors (Lipinski definition) is 7. The topological polar surface area (TPSA) is 92.3 Å². The molecule has 1 N–H and O–H groups in total. The molecule has 4 rings (SSSR count). The molecule has 0 aromatic carbocycles. The maximum atomic E-state index is 12.8. The summed E-state index contributed by atoms with van der Waals surface area (Å²) in [5, 5.41) is 7.48. The molecule has 0 spiro atoms. The molecule has 0 bridgehead atoms. The lowest BCUT2D eigenvalue weighted by Gasteiger charge is -2.22. The molecule has 0 saturated carbocycles. The van der Waals surface area contributed by atoms with Gasteiger partial charge in [-0.1, -0.05) is 6.92 Å². The third-order valence-corrected chi connectivity index (χ3v) is 5.90. The SMILES string of the molecule is CCN(C)[C@H]1CCN(CC(=O)Nc2cc(-n3nc(C)cc3C)nc(-c3ccc(C)o3)n2)C1. The Bertz CT molecular complexity index is 1100. The van der Waals surface area contributed by atoms with Gasteiger partial charge in [0.1, 0.15) is 11.6 Å². The van der Waals surface area contributed by atoms with E-state index in [1.807, 2.05) is 39.0 Å². The minimum Gasteiger partial charge on any atom is -0.458 e. The van der Waals surface area contributed by atoms with Crippen molar-refractivity contribution in [3.05, 3.63) is 41.4 Å². The third-order valence-electron chi connectivity index (χ3n) is 5.90. The smallest absolute Gasteiger partial charge is 0.239 e. The summed E-state index contributed by atoms with van der Waals surface area (Å²) < 4.78 is 7.48. The highest BCUT2D eigenvalue weighted by Crippen LogP contribution is 2.23. The van der Waals surface area contributed by atoms with E-state index in [1.165, 1.54) is 0 Å². The summed E-state index contributed by atoms with van der Waals surface area (Å²) in [6, 6.07) is 7.92. The van der Waals surface area contributed by atoms with Gasteiger partial charge in [-0.15, -0.1) is 0 Å². The molecule has 1 aliphatic heterocycles. The van der Waals surface area contributed by atoms with Gasteiger partial charge in [-0.25, -0.2) is 14.6 Å². The molecule has 4 heterocycles. The van der Waals surface area contributed by atoms with Gasteiger partial charge in [-0.2, -0.15) is 5.10 Å². The summed E-state index contributed by atoms with van der Waals surface area (Å²) in [6.45, 7) is 11.1. The molecule has 1 atom stereocenters. The van der Waals surface area contributed by atoms with Gasteiger partial charge in [0, 0.05) is 30.9 Å². The Kier molecular flexibility index (Phi) is 6.38. The van der Waals surface area contributed by atoms with Crippen LogP contribution in [0.3, 0.4) is 0 Å². The van der Waals surface area contributed by atoms with E-state index in [2.05, 4.69) is 44.2 Å². The number of carbonyl (C=O) groups is 1. The van der Waals surface area contributed by atoms with Gasteiger partial charge < -0.3 is 14.6 Å². The third kappa shape index (κ3) is 4.89. The lowest BCUT2D eigenvalue weighted by molar-refractivity contribution is -0.117. The molecule has 0 aliphatic carbocycles. The van der Waals surface area contributed by atoms with Gasteiger partial charge in [-0.05, 0) is 59.0 Å².